The van der Waals surface area contributed by atoms with Gasteiger partial charge in [0.2, 0.25) is 5.91 Å². The summed E-state index contributed by atoms with van der Waals surface area (Å²) in [5.74, 6) is 0.148. The van der Waals surface area contributed by atoms with E-state index < -0.39 is 10.2 Å². The maximum atomic E-state index is 12.2. The number of hydrogen-bond acceptors (Lipinski definition) is 3. The van der Waals surface area contributed by atoms with Crippen LogP contribution in [0.5, 0.6) is 0 Å². The van der Waals surface area contributed by atoms with Gasteiger partial charge in [-0.1, -0.05) is 11.6 Å². The minimum atomic E-state index is -3.37. The molecule has 0 aromatic heterocycles. The molecule has 1 aliphatic heterocycles. The van der Waals surface area contributed by atoms with Crippen molar-refractivity contribution >= 4 is 33.4 Å². The molecule has 0 spiro atoms. The number of rotatable bonds is 6. The van der Waals surface area contributed by atoms with Gasteiger partial charge in [0.1, 0.15) is 0 Å². The first-order valence-electron chi connectivity index (χ1n) is 8.02. The molecule has 0 radical (unpaired) electrons. The summed E-state index contributed by atoms with van der Waals surface area (Å²) in [5, 5.41) is 3.45. The molecule has 1 heterocycles. The van der Waals surface area contributed by atoms with Crippen LogP contribution < -0.4 is 5.32 Å². The van der Waals surface area contributed by atoms with E-state index >= 15 is 0 Å². The molecule has 0 aliphatic carbocycles. The van der Waals surface area contributed by atoms with E-state index in [-0.39, 0.29) is 11.8 Å². The lowest BCUT2D eigenvalue weighted by Gasteiger charge is -2.33. The van der Waals surface area contributed by atoms with E-state index in [0.717, 1.165) is 12.8 Å². The Bertz CT molecular complexity index is 662. The van der Waals surface area contributed by atoms with Crippen LogP contribution in [-0.4, -0.2) is 50.1 Å². The number of piperidine rings is 1. The number of nitrogens with one attached hydrogen (secondary N) is 1. The summed E-state index contributed by atoms with van der Waals surface area (Å²) in [6.07, 6.45) is 2.84. The molecule has 6 nitrogen and oxygen atoms in total. The van der Waals surface area contributed by atoms with Gasteiger partial charge in [-0.05, 0) is 49.4 Å². The molecule has 24 heavy (non-hydrogen) atoms. The predicted octanol–water partition coefficient (Wildman–Crippen LogP) is 2.58. The SMILES string of the molecule is CN(C)S(=O)(=O)N1CCCC(CCC(=O)Nc2ccc(Cl)cc2)C1. The summed E-state index contributed by atoms with van der Waals surface area (Å²) >= 11 is 5.81. The first-order chi connectivity index (χ1) is 11.3. The number of benzene rings is 1. The molecule has 1 fully saturated rings. The molecule has 0 bridgehead atoms. The molecule has 1 amide bonds. The smallest absolute Gasteiger partial charge is 0.281 e. The molecule has 1 N–H and O–H groups in total. The molecular weight excluding hydrogens is 350 g/mol. The largest absolute Gasteiger partial charge is 0.326 e. The van der Waals surface area contributed by atoms with Crippen LogP contribution in [0.25, 0.3) is 0 Å². The number of hydrogen-bond donors (Lipinski definition) is 1. The molecule has 1 aromatic rings. The summed E-state index contributed by atoms with van der Waals surface area (Å²) in [6.45, 7) is 1.03. The van der Waals surface area contributed by atoms with E-state index in [0.29, 0.717) is 36.6 Å². The zero-order chi connectivity index (χ0) is 17.7. The molecule has 8 heteroatoms. The van der Waals surface area contributed by atoms with E-state index in [9.17, 15) is 13.2 Å². The van der Waals surface area contributed by atoms with Crippen molar-refractivity contribution in [3.63, 3.8) is 0 Å². The van der Waals surface area contributed by atoms with E-state index in [2.05, 4.69) is 5.32 Å². The molecule has 1 atom stereocenters. The van der Waals surface area contributed by atoms with Crippen molar-refractivity contribution in [1.29, 1.82) is 0 Å². The third-order valence-corrected chi connectivity index (χ3v) is 6.34. The van der Waals surface area contributed by atoms with Crippen LogP contribution >= 0.6 is 11.6 Å². The van der Waals surface area contributed by atoms with Crippen molar-refractivity contribution in [2.24, 2.45) is 5.92 Å². The third kappa shape index (κ3) is 5.17. The first kappa shape index (κ1) is 19.2. The van der Waals surface area contributed by atoms with E-state index in [1.807, 2.05) is 0 Å². The Morgan fingerprint density at radius 3 is 2.62 bits per heavy atom. The average Bonchev–Trinajstić information content (AvgIpc) is 2.55. The maximum absolute atomic E-state index is 12.2. The first-order valence-corrected chi connectivity index (χ1v) is 9.79. The standard InChI is InChI=1S/C16H24ClN3O3S/c1-19(2)24(22,23)20-11-3-4-13(12-20)5-10-16(21)18-15-8-6-14(17)7-9-15/h6-9,13H,3-5,10-12H2,1-2H3,(H,18,21). The fourth-order valence-electron chi connectivity index (χ4n) is 2.79. The fraction of sp³-hybridized carbons (Fsp3) is 0.562. The highest BCUT2D eigenvalue weighted by Crippen LogP contribution is 2.24. The van der Waals surface area contributed by atoms with E-state index in [1.54, 1.807) is 38.4 Å². The van der Waals surface area contributed by atoms with Crippen molar-refractivity contribution in [2.75, 3.05) is 32.5 Å². The lowest BCUT2D eigenvalue weighted by molar-refractivity contribution is -0.116. The van der Waals surface area contributed by atoms with Gasteiger partial charge in [0.15, 0.2) is 0 Å². The Hall–Kier alpha value is -1.15. The summed E-state index contributed by atoms with van der Waals surface area (Å²) in [7, 11) is -0.290. The Morgan fingerprint density at radius 2 is 2.00 bits per heavy atom. The normalized spacial score (nSPS) is 19.4. The maximum Gasteiger partial charge on any atom is 0.281 e. The second-order valence-electron chi connectivity index (χ2n) is 6.25. The minimum Gasteiger partial charge on any atom is -0.326 e. The van der Waals surface area contributed by atoms with Crippen LogP contribution in [0.3, 0.4) is 0 Å². The summed E-state index contributed by atoms with van der Waals surface area (Å²) < 4.78 is 27.1. The zero-order valence-electron chi connectivity index (χ0n) is 14.0. The number of carbonyl (C=O) groups is 1. The topological polar surface area (TPSA) is 69.7 Å². The second-order valence-corrected chi connectivity index (χ2v) is 8.83. The third-order valence-electron chi connectivity index (χ3n) is 4.18. The predicted molar refractivity (Wildman–Crippen MR) is 96.2 cm³/mol. The minimum absolute atomic E-state index is 0.0649. The molecule has 1 aromatic carbocycles. The van der Waals surface area contributed by atoms with Gasteiger partial charge < -0.3 is 5.32 Å². The van der Waals surface area contributed by atoms with Gasteiger partial charge in [0, 0.05) is 44.3 Å². The summed E-state index contributed by atoms with van der Waals surface area (Å²) in [5.41, 5.74) is 0.713. The lowest BCUT2D eigenvalue weighted by Crippen LogP contribution is -2.45. The van der Waals surface area contributed by atoms with Crippen LogP contribution in [0.15, 0.2) is 24.3 Å². The fourth-order valence-corrected chi connectivity index (χ4v) is 4.14. The van der Waals surface area contributed by atoms with E-state index in [4.69, 9.17) is 11.6 Å². The summed E-state index contributed by atoms with van der Waals surface area (Å²) in [4.78, 5) is 12.0. The highest BCUT2D eigenvalue weighted by atomic mass is 35.5. The number of carbonyl (C=O) groups excluding carboxylic acids is 1. The highest BCUT2D eigenvalue weighted by molar-refractivity contribution is 7.86. The van der Waals surface area contributed by atoms with Gasteiger partial charge in [0.25, 0.3) is 10.2 Å². The molecule has 1 aliphatic rings. The zero-order valence-corrected chi connectivity index (χ0v) is 15.6. The van der Waals surface area contributed by atoms with Crippen molar-refractivity contribution in [1.82, 2.24) is 8.61 Å². The Kier molecular flexibility index (Phi) is 6.62. The second kappa shape index (κ2) is 8.29. The van der Waals surface area contributed by atoms with Gasteiger partial charge in [-0.25, -0.2) is 0 Å². The number of halogens is 1. The Labute approximate surface area is 149 Å². The van der Waals surface area contributed by atoms with Gasteiger partial charge in [-0.3, -0.25) is 4.79 Å². The summed E-state index contributed by atoms with van der Waals surface area (Å²) in [6, 6.07) is 6.96. The molecule has 0 saturated carbocycles. The quantitative estimate of drug-likeness (QED) is 0.833. The van der Waals surface area contributed by atoms with Gasteiger partial charge in [-0.15, -0.1) is 0 Å². The lowest BCUT2D eigenvalue weighted by atomic mass is 9.94. The molecular formula is C16H24ClN3O3S. The Balaban J connectivity index is 1.83. The van der Waals surface area contributed by atoms with Crippen LogP contribution in [0, 0.1) is 5.92 Å². The van der Waals surface area contributed by atoms with Crippen LogP contribution in [0.2, 0.25) is 5.02 Å². The van der Waals surface area contributed by atoms with Crippen LogP contribution in [0.4, 0.5) is 5.69 Å². The van der Waals surface area contributed by atoms with Gasteiger partial charge in [-0.2, -0.15) is 17.0 Å². The van der Waals surface area contributed by atoms with Crippen molar-refractivity contribution < 1.29 is 13.2 Å². The van der Waals surface area contributed by atoms with Crippen LogP contribution in [-0.2, 0) is 15.0 Å². The van der Waals surface area contributed by atoms with Gasteiger partial charge >= 0.3 is 0 Å². The molecule has 134 valence electrons. The van der Waals surface area contributed by atoms with Gasteiger partial charge in [0.05, 0.1) is 0 Å². The molecule has 2 rings (SSSR count). The Morgan fingerprint density at radius 1 is 1.33 bits per heavy atom. The monoisotopic (exact) mass is 373 g/mol. The highest BCUT2D eigenvalue weighted by Gasteiger charge is 2.30. The molecule has 1 unspecified atom stereocenters. The van der Waals surface area contributed by atoms with Crippen LogP contribution in [0.1, 0.15) is 25.7 Å². The number of amides is 1. The number of anilines is 1. The van der Waals surface area contributed by atoms with Crippen molar-refractivity contribution in [3.8, 4) is 0 Å². The van der Waals surface area contributed by atoms with Crippen molar-refractivity contribution in [2.45, 2.75) is 25.7 Å². The van der Waals surface area contributed by atoms with Crippen molar-refractivity contribution in [3.05, 3.63) is 29.3 Å². The molecule has 1 saturated heterocycles. The number of nitrogens with zero attached hydrogens (tertiary/aromatic N) is 2. The average molecular weight is 374 g/mol. The van der Waals surface area contributed by atoms with E-state index in [1.165, 1.54) is 8.61 Å².